The Labute approximate surface area is 143 Å². The highest BCUT2D eigenvalue weighted by Crippen LogP contribution is 2.33. The third kappa shape index (κ3) is 3.95. The van der Waals surface area contributed by atoms with Crippen LogP contribution in [0, 0.1) is 5.92 Å². The van der Waals surface area contributed by atoms with Crippen LogP contribution in [0.5, 0.6) is 0 Å². The molecule has 2 aliphatic rings. The molecule has 4 atom stereocenters. The van der Waals surface area contributed by atoms with Crippen LogP contribution in [0.25, 0.3) is 0 Å². The monoisotopic (exact) mass is 342 g/mol. The molecule has 1 heterocycles. The van der Waals surface area contributed by atoms with Crippen LogP contribution in [0.15, 0.2) is 24.3 Å². The average Bonchev–Trinajstić information content (AvgIpc) is 2.92. The van der Waals surface area contributed by atoms with Crippen molar-refractivity contribution in [2.75, 3.05) is 0 Å². The Kier molecular flexibility index (Phi) is 6.13. The number of benzene rings is 1. The van der Waals surface area contributed by atoms with Crippen LogP contribution in [-0.2, 0) is 4.79 Å². The highest BCUT2D eigenvalue weighted by molar-refractivity contribution is 6.30. The van der Waals surface area contributed by atoms with Gasteiger partial charge in [0.25, 0.3) is 0 Å². The van der Waals surface area contributed by atoms with Crippen molar-refractivity contribution in [1.82, 2.24) is 10.6 Å². The van der Waals surface area contributed by atoms with Crippen molar-refractivity contribution >= 4 is 29.9 Å². The van der Waals surface area contributed by atoms with Crippen molar-refractivity contribution in [3.05, 3.63) is 34.9 Å². The van der Waals surface area contributed by atoms with Crippen LogP contribution >= 0.6 is 24.0 Å². The third-order valence-electron chi connectivity index (χ3n) is 4.91. The summed E-state index contributed by atoms with van der Waals surface area (Å²) in [5.41, 5.74) is 1.09. The molecule has 0 radical (unpaired) electrons. The van der Waals surface area contributed by atoms with Crippen molar-refractivity contribution in [1.29, 1.82) is 0 Å². The van der Waals surface area contributed by atoms with E-state index in [2.05, 4.69) is 10.6 Å². The molecule has 2 fully saturated rings. The summed E-state index contributed by atoms with van der Waals surface area (Å²) in [5.74, 6) is 0.826. The van der Waals surface area contributed by atoms with Crippen molar-refractivity contribution in [3.8, 4) is 0 Å². The minimum absolute atomic E-state index is 0. The van der Waals surface area contributed by atoms with Gasteiger partial charge in [0.05, 0.1) is 12.1 Å². The third-order valence-corrected chi connectivity index (χ3v) is 5.16. The largest absolute Gasteiger partial charge is 0.348 e. The van der Waals surface area contributed by atoms with Crippen LogP contribution in [0.3, 0.4) is 0 Å². The van der Waals surface area contributed by atoms with E-state index in [4.69, 9.17) is 11.6 Å². The second-order valence-corrected chi connectivity index (χ2v) is 6.82. The van der Waals surface area contributed by atoms with E-state index < -0.39 is 0 Å². The molecule has 1 aliphatic heterocycles. The molecule has 1 aliphatic carbocycles. The van der Waals surface area contributed by atoms with Crippen molar-refractivity contribution in [3.63, 3.8) is 0 Å². The van der Waals surface area contributed by atoms with Gasteiger partial charge in [-0.2, -0.15) is 0 Å². The fourth-order valence-corrected chi connectivity index (χ4v) is 3.80. The van der Waals surface area contributed by atoms with Gasteiger partial charge in [0.15, 0.2) is 0 Å². The minimum Gasteiger partial charge on any atom is -0.348 e. The number of hydrogen-bond acceptors (Lipinski definition) is 2. The second kappa shape index (κ2) is 7.67. The lowest BCUT2D eigenvalue weighted by molar-refractivity contribution is -0.123. The predicted octanol–water partition coefficient (Wildman–Crippen LogP) is 3.86. The van der Waals surface area contributed by atoms with Crippen LogP contribution in [0.1, 0.15) is 50.6 Å². The number of fused-ring (bicyclic) bond motifs is 1. The summed E-state index contributed by atoms with van der Waals surface area (Å²) < 4.78 is 0. The molecule has 2 N–H and O–H groups in total. The number of amides is 1. The fourth-order valence-electron chi connectivity index (χ4n) is 3.67. The van der Waals surface area contributed by atoms with E-state index in [9.17, 15) is 4.79 Å². The molecule has 1 saturated heterocycles. The average molecular weight is 343 g/mol. The maximum absolute atomic E-state index is 12.4. The van der Waals surface area contributed by atoms with E-state index in [-0.39, 0.29) is 30.4 Å². The molecule has 0 aromatic heterocycles. The summed E-state index contributed by atoms with van der Waals surface area (Å²) in [5, 5.41) is 7.37. The van der Waals surface area contributed by atoms with E-state index in [1.807, 2.05) is 31.2 Å². The Morgan fingerprint density at radius 1 is 1.27 bits per heavy atom. The molecule has 3 nitrogen and oxygen atoms in total. The summed E-state index contributed by atoms with van der Waals surface area (Å²) in [6.45, 7) is 2.02. The molecular weight excluding hydrogens is 319 g/mol. The number of nitrogens with one attached hydrogen (secondary N) is 2. The number of carbonyl (C=O) groups is 1. The molecule has 3 rings (SSSR count). The number of rotatable bonds is 3. The van der Waals surface area contributed by atoms with Crippen LogP contribution in [0.2, 0.25) is 5.02 Å². The summed E-state index contributed by atoms with van der Waals surface area (Å²) in [6, 6.07) is 8.21. The number of halogens is 2. The lowest BCUT2D eigenvalue weighted by Gasteiger charge is -2.24. The molecule has 4 unspecified atom stereocenters. The zero-order chi connectivity index (χ0) is 14.8. The fraction of sp³-hybridized carbons (Fsp3) is 0.588. The van der Waals surface area contributed by atoms with E-state index in [0.29, 0.717) is 12.0 Å². The van der Waals surface area contributed by atoms with Gasteiger partial charge in [-0.1, -0.05) is 36.6 Å². The van der Waals surface area contributed by atoms with Gasteiger partial charge < -0.3 is 10.6 Å². The number of carbonyl (C=O) groups excluding carboxylic acids is 1. The molecule has 1 amide bonds. The summed E-state index contributed by atoms with van der Waals surface area (Å²) in [4.78, 5) is 12.4. The Morgan fingerprint density at radius 2 is 1.95 bits per heavy atom. The Bertz CT molecular complexity index is 492. The normalized spacial score (nSPS) is 28.4. The van der Waals surface area contributed by atoms with Gasteiger partial charge in [0.1, 0.15) is 0 Å². The zero-order valence-corrected chi connectivity index (χ0v) is 14.4. The Balaban J connectivity index is 0.00000176. The van der Waals surface area contributed by atoms with Gasteiger partial charge in [-0.25, -0.2) is 0 Å². The smallest absolute Gasteiger partial charge is 0.237 e. The van der Waals surface area contributed by atoms with Crippen LogP contribution in [-0.4, -0.2) is 18.0 Å². The van der Waals surface area contributed by atoms with Crippen LogP contribution < -0.4 is 10.6 Å². The first kappa shape index (κ1) is 17.6. The van der Waals surface area contributed by atoms with Crippen molar-refractivity contribution in [2.24, 2.45) is 5.92 Å². The number of hydrogen-bond donors (Lipinski definition) is 2. The van der Waals surface area contributed by atoms with Gasteiger partial charge in [-0.05, 0) is 49.8 Å². The van der Waals surface area contributed by atoms with Gasteiger partial charge in [0.2, 0.25) is 5.91 Å². The molecular formula is C17H24Cl2N2O. The highest BCUT2D eigenvalue weighted by Gasteiger charge is 2.38. The lowest BCUT2D eigenvalue weighted by Crippen LogP contribution is -2.43. The molecule has 1 aromatic carbocycles. The van der Waals surface area contributed by atoms with Crippen molar-refractivity contribution in [2.45, 2.75) is 57.2 Å². The first-order valence-electron chi connectivity index (χ1n) is 7.95. The zero-order valence-electron chi connectivity index (χ0n) is 12.8. The molecule has 5 heteroatoms. The van der Waals surface area contributed by atoms with Gasteiger partial charge in [-0.15, -0.1) is 12.4 Å². The maximum Gasteiger partial charge on any atom is 0.237 e. The maximum atomic E-state index is 12.4. The van der Waals surface area contributed by atoms with E-state index in [0.717, 1.165) is 17.0 Å². The van der Waals surface area contributed by atoms with Gasteiger partial charge >= 0.3 is 0 Å². The van der Waals surface area contributed by atoms with Crippen molar-refractivity contribution < 1.29 is 4.79 Å². The summed E-state index contributed by atoms with van der Waals surface area (Å²) in [7, 11) is 0. The predicted molar refractivity (Wildman–Crippen MR) is 92.5 cm³/mol. The molecule has 22 heavy (non-hydrogen) atoms. The molecule has 0 bridgehead atoms. The van der Waals surface area contributed by atoms with E-state index in [1.54, 1.807) is 0 Å². The molecule has 1 saturated carbocycles. The van der Waals surface area contributed by atoms with E-state index >= 15 is 0 Å². The second-order valence-electron chi connectivity index (χ2n) is 6.39. The topological polar surface area (TPSA) is 41.1 Å². The Hall–Kier alpha value is -0.770. The molecule has 1 aromatic rings. The van der Waals surface area contributed by atoms with Gasteiger partial charge in [-0.3, -0.25) is 4.79 Å². The summed E-state index contributed by atoms with van der Waals surface area (Å²) in [6.07, 6.45) is 6.10. The summed E-state index contributed by atoms with van der Waals surface area (Å²) >= 11 is 5.90. The minimum atomic E-state index is -0.0205. The lowest BCUT2D eigenvalue weighted by atomic mass is 9.85. The SMILES string of the molecule is CC(NC(=O)C1CC2CCCCC2N1)c1ccc(Cl)cc1.Cl. The standard InChI is InChI=1S/C17H23ClN2O.ClH/c1-11(12-6-8-14(18)9-7-12)19-17(21)16-10-13-4-2-3-5-15(13)20-16;/h6-9,11,13,15-16,20H,2-5,10H2,1H3,(H,19,21);1H. The highest BCUT2D eigenvalue weighted by atomic mass is 35.5. The van der Waals surface area contributed by atoms with Gasteiger partial charge in [0, 0.05) is 11.1 Å². The first-order valence-corrected chi connectivity index (χ1v) is 8.33. The first-order chi connectivity index (χ1) is 10.1. The molecule has 122 valence electrons. The van der Waals surface area contributed by atoms with Crippen LogP contribution in [0.4, 0.5) is 0 Å². The van der Waals surface area contributed by atoms with E-state index in [1.165, 1.54) is 25.7 Å². The quantitative estimate of drug-likeness (QED) is 0.875. The molecule has 0 spiro atoms. The Morgan fingerprint density at radius 3 is 2.64 bits per heavy atom.